The van der Waals surface area contributed by atoms with E-state index >= 15 is 0 Å². The summed E-state index contributed by atoms with van der Waals surface area (Å²) < 4.78 is 29.5. The zero-order valence-corrected chi connectivity index (χ0v) is 14.8. The summed E-state index contributed by atoms with van der Waals surface area (Å²) in [5.74, 6) is 2.11. The van der Waals surface area contributed by atoms with Gasteiger partial charge in [0.25, 0.3) is 0 Å². The molecule has 0 spiro atoms. The third kappa shape index (κ3) is 2.56. The molecule has 128 valence electrons. The van der Waals surface area contributed by atoms with Crippen LogP contribution in [0.25, 0.3) is 0 Å². The highest BCUT2D eigenvalue weighted by Crippen LogP contribution is 2.39. The molecule has 6 nitrogen and oxygen atoms in total. The molecule has 0 bridgehead atoms. The molecule has 2 aliphatic rings. The lowest BCUT2D eigenvalue weighted by Crippen LogP contribution is -2.41. The van der Waals surface area contributed by atoms with Crippen LogP contribution < -0.4 is 0 Å². The topological polar surface area (TPSA) is 68.1 Å². The van der Waals surface area contributed by atoms with Crippen LogP contribution >= 0.6 is 0 Å². The fourth-order valence-electron chi connectivity index (χ4n) is 3.24. The smallest absolute Gasteiger partial charge is 0.243 e. The van der Waals surface area contributed by atoms with Gasteiger partial charge in [0.05, 0.1) is 17.5 Å². The van der Waals surface area contributed by atoms with Crippen molar-refractivity contribution in [2.75, 3.05) is 6.54 Å². The lowest BCUT2D eigenvalue weighted by atomic mass is 10.2. The largest absolute Gasteiger partial charge is 0.247 e. The summed E-state index contributed by atoms with van der Waals surface area (Å²) in [4.78, 5) is 4.97. The predicted molar refractivity (Wildman–Crippen MR) is 90.1 cm³/mol. The first-order chi connectivity index (χ1) is 11.5. The number of fused-ring (bicyclic) bond motifs is 1. The lowest BCUT2D eigenvalue weighted by molar-refractivity contribution is 0.265. The Morgan fingerprint density at radius 3 is 2.50 bits per heavy atom. The van der Waals surface area contributed by atoms with E-state index in [2.05, 4.69) is 17.0 Å². The third-order valence-electron chi connectivity index (χ3n) is 4.94. The Hall–Kier alpha value is -1.73. The molecule has 1 fully saturated rings. The van der Waals surface area contributed by atoms with Crippen LogP contribution in [0.1, 0.15) is 55.9 Å². The number of nitrogens with zero attached hydrogens (tertiary/aromatic N) is 4. The highest BCUT2D eigenvalue weighted by molar-refractivity contribution is 7.89. The third-order valence-corrected chi connectivity index (χ3v) is 6.92. The molecular formula is C17H22N4O2S. The first-order valence-corrected chi connectivity index (χ1v) is 10.00. The predicted octanol–water partition coefficient (Wildman–Crippen LogP) is 2.48. The van der Waals surface area contributed by atoms with Gasteiger partial charge in [0.1, 0.15) is 5.82 Å². The number of hydrogen-bond acceptors (Lipinski definition) is 4. The van der Waals surface area contributed by atoms with Crippen molar-refractivity contribution in [3.05, 3.63) is 41.5 Å². The van der Waals surface area contributed by atoms with Crippen molar-refractivity contribution < 1.29 is 8.42 Å². The second-order valence-corrected chi connectivity index (χ2v) is 8.51. The highest BCUT2D eigenvalue weighted by Gasteiger charge is 2.38. The summed E-state index contributed by atoms with van der Waals surface area (Å²) in [6.45, 7) is 4.94. The second kappa shape index (κ2) is 5.67. The van der Waals surface area contributed by atoms with Gasteiger partial charge < -0.3 is 0 Å². The minimum atomic E-state index is -3.52. The monoisotopic (exact) mass is 346 g/mol. The quantitative estimate of drug-likeness (QED) is 0.853. The van der Waals surface area contributed by atoms with E-state index in [1.54, 1.807) is 16.4 Å². The summed E-state index contributed by atoms with van der Waals surface area (Å²) in [7, 11) is -3.52. The van der Waals surface area contributed by atoms with Crippen LogP contribution in [0.5, 0.6) is 0 Å². The van der Waals surface area contributed by atoms with Gasteiger partial charge in [-0.2, -0.15) is 9.40 Å². The molecule has 1 aromatic heterocycles. The van der Waals surface area contributed by atoms with E-state index in [0.29, 0.717) is 23.9 Å². The zero-order chi connectivity index (χ0) is 16.9. The molecule has 0 N–H and O–H groups in total. The Labute approximate surface area is 142 Å². The Bertz CT molecular complexity index is 853. The van der Waals surface area contributed by atoms with Crippen LogP contribution in [0.3, 0.4) is 0 Å². The van der Waals surface area contributed by atoms with E-state index < -0.39 is 10.0 Å². The van der Waals surface area contributed by atoms with Gasteiger partial charge in [-0.1, -0.05) is 19.1 Å². The minimum Gasteiger partial charge on any atom is -0.247 e. The standard InChI is InChI=1S/C17H22N4O2S/c1-3-13-4-8-15(9-5-13)24(22,23)21-11-10-20-17(12(21)2)18-16(19-20)14-6-7-14/h4-5,8-9,12,14H,3,6-7,10-11H2,1-2H3/t12-/m1/s1. The summed E-state index contributed by atoms with van der Waals surface area (Å²) in [5.41, 5.74) is 1.13. The number of aromatic nitrogens is 3. The van der Waals surface area contributed by atoms with Crippen molar-refractivity contribution in [2.24, 2.45) is 0 Å². The minimum absolute atomic E-state index is 0.297. The van der Waals surface area contributed by atoms with Crippen molar-refractivity contribution in [1.29, 1.82) is 0 Å². The van der Waals surface area contributed by atoms with Gasteiger partial charge in [-0.25, -0.2) is 18.1 Å². The van der Waals surface area contributed by atoms with Gasteiger partial charge in [-0.05, 0) is 43.9 Å². The maximum absolute atomic E-state index is 13.0. The van der Waals surface area contributed by atoms with E-state index in [1.165, 1.54) is 0 Å². The lowest BCUT2D eigenvalue weighted by Gasteiger charge is -2.31. The van der Waals surface area contributed by atoms with Gasteiger partial charge in [0.2, 0.25) is 10.0 Å². The van der Waals surface area contributed by atoms with Crippen LogP contribution in [0.4, 0.5) is 0 Å². The highest BCUT2D eigenvalue weighted by atomic mass is 32.2. The molecule has 0 radical (unpaired) electrons. The molecular weight excluding hydrogens is 324 g/mol. The Morgan fingerprint density at radius 1 is 1.17 bits per heavy atom. The molecule has 7 heteroatoms. The zero-order valence-electron chi connectivity index (χ0n) is 14.0. The molecule has 1 aliphatic carbocycles. The Kier molecular flexibility index (Phi) is 3.73. The fourth-order valence-corrected chi connectivity index (χ4v) is 4.82. The van der Waals surface area contributed by atoms with E-state index in [-0.39, 0.29) is 6.04 Å². The molecule has 1 atom stereocenters. The SMILES string of the molecule is CCc1ccc(S(=O)(=O)N2CCn3nc(C4CC4)nc3[C@H]2C)cc1. The number of hydrogen-bond donors (Lipinski definition) is 0. The summed E-state index contributed by atoms with van der Waals surface area (Å²) in [6, 6.07) is 6.88. The molecule has 4 rings (SSSR count). The Balaban J connectivity index is 1.65. The average Bonchev–Trinajstić information content (AvgIpc) is 3.34. The van der Waals surface area contributed by atoms with Crippen molar-refractivity contribution >= 4 is 10.0 Å². The van der Waals surface area contributed by atoms with Crippen molar-refractivity contribution in [3.8, 4) is 0 Å². The maximum Gasteiger partial charge on any atom is 0.243 e. The normalized spacial score (nSPS) is 21.7. The summed E-state index contributed by atoms with van der Waals surface area (Å²) in [6.07, 6.45) is 3.18. The molecule has 24 heavy (non-hydrogen) atoms. The summed E-state index contributed by atoms with van der Waals surface area (Å²) in [5, 5.41) is 4.56. The fraction of sp³-hybridized carbons (Fsp3) is 0.529. The van der Waals surface area contributed by atoms with Crippen molar-refractivity contribution in [1.82, 2.24) is 19.1 Å². The van der Waals surface area contributed by atoms with Gasteiger partial charge in [0.15, 0.2) is 5.82 Å². The average molecular weight is 346 g/mol. The molecule has 2 aromatic rings. The first kappa shape index (κ1) is 15.8. The van der Waals surface area contributed by atoms with Crippen LogP contribution in [0.15, 0.2) is 29.2 Å². The van der Waals surface area contributed by atoms with Crippen molar-refractivity contribution in [3.63, 3.8) is 0 Å². The first-order valence-electron chi connectivity index (χ1n) is 8.56. The van der Waals surface area contributed by atoms with Crippen LogP contribution in [0.2, 0.25) is 0 Å². The molecule has 1 aromatic carbocycles. The second-order valence-electron chi connectivity index (χ2n) is 6.61. The Morgan fingerprint density at radius 2 is 1.88 bits per heavy atom. The molecule has 0 amide bonds. The molecule has 1 saturated carbocycles. The van der Waals surface area contributed by atoms with Crippen LogP contribution in [0, 0.1) is 0 Å². The molecule has 0 saturated heterocycles. The maximum atomic E-state index is 13.0. The number of sulfonamides is 1. The number of benzene rings is 1. The summed E-state index contributed by atoms with van der Waals surface area (Å²) >= 11 is 0. The number of aryl methyl sites for hydroxylation is 1. The molecule has 1 aliphatic heterocycles. The van der Waals surface area contributed by atoms with Crippen LogP contribution in [-0.4, -0.2) is 34.0 Å². The van der Waals surface area contributed by atoms with Crippen LogP contribution in [-0.2, 0) is 23.0 Å². The van der Waals surface area contributed by atoms with Gasteiger partial charge in [-0.3, -0.25) is 0 Å². The van der Waals surface area contributed by atoms with E-state index in [9.17, 15) is 8.42 Å². The van der Waals surface area contributed by atoms with Gasteiger partial charge in [-0.15, -0.1) is 0 Å². The molecule has 2 heterocycles. The van der Waals surface area contributed by atoms with E-state index in [1.807, 2.05) is 23.7 Å². The van der Waals surface area contributed by atoms with E-state index in [4.69, 9.17) is 0 Å². The van der Waals surface area contributed by atoms with E-state index in [0.717, 1.165) is 36.5 Å². The van der Waals surface area contributed by atoms with Gasteiger partial charge >= 0.3 is 0 Å². The molecule has 0 unspecified atom stereocenters. The number of rotatable bonds is 4. The van der Waals surface area contributed by atoms with Crippen molar-refractivity contribution in [2.45, 2.75) is 56.5 Å². The van der Waals surface area contributed by atoms with Gasteiger partial charge in [0, 0.05) is 12.5 Å².